The molecule has 1 N–H and O–H groups in total. The SMILES string of the molecule is CC[C@H](C)Nc1nccc(C(C)C)n1. The zero-order chi connectivity index (χ0) is 10.6. The molecule has 0 amide bonds. The van der Waals surface area contributed by atoms with E-state index in [4.69, 9.17) is 0 Å². The zero-order valence-corrected chi connectivity index (χ0v) is 9.41. The zero-order valence-electron chi connectivity index (χ0n) is 9.41. The van der Waals surface area contributed by atoms with Gasteiger partial charge in [-0.05, 0) is 25.3 Å². The van der Waals surface area contributed by atoms with Gasteiger partial charge in [0.15, 0.2) is 0 Å². The highest BCUT2D eigenvalue weighted by Crippen LogP contribution is 2.12. The van der Waals surface area contributed by atoms with Crippen molar-refractivity contribution in [2.45, 2.75) is 46.1 Å². The van der Waals surface area contributed by atoms with Crippen molar-refractivity contribution in [1.82, 2.24) is 9.97 Å². The Morgan fingerprint density at radius 1 is 1.36 bits per heavy atom. The van der Waals surface area contributed by atoms with E-state index in [1.54, 1.807) is 0 Å². The van der Waals surface area contributed by atoms with E-state index in [0.717, 1.165) is 18.1 Å². The Bertz CT molecular complexity index is 284. The molecule has 0 aliphatic rings. The quantitative estimate of drug-likeness (QED) is 0.799. The minimum Gasteiger partial charge on any atom is -0.352 e. The van der Waals surface area contributed by atoms with Gasteiger partial charge in [-0.15, -0.1) is 0 Å². The van der Waals surface area contributed by atoms with Crippen LogP contribution in [-0.4, -0.2) is 16.0 Å². The van der Waals surface area contributed by atoms with Gasteiger partial charge in [0.1, 0.15) is 0 Å². The average molecular weight is 193 g/mol. The molecule has 0 saturated heterocycles. The second-order valence-electron chi connectivity index (χ2n) is 3.91. The van der Waals surface area contributed by atoms with Crippen LogP contribution in [0.4, 0.5) is 5.95 Å². The van der Waals surface area contributed by atoms with E-state index in [2.05, 4.69) is 43.0 Å². The molecule has 0 spiro atoms. The van der Waals surface area contributed by atoms with Crippen molar-refractivity contribution in [3.8, 4) is 0 Å². The molecule has 0 aromatic carbocycles. The maximum atomic E-state index is 4.44. The number of nitrogens with zero attached hydrogens (tertiary/aromatic N) is 2. The Morgan fingerprint density at radius 3 is 2.64 bits per heavy atom. The molecule has 0 saturated carbocycles. The fraction of sp³-hybridized carbons (Fsp3) is 0.636. The molecule has 3 heteroatoms. The lowest BCUT2D eigenvalue weighted by Gasteiger charge is -2.12. The van der Waals surface area contributed by atoms with E-state index in [-0.39, 0.29) is 0 Å². The third kappa shape index (κ3) is 2.98. The molecular weight excluding hydrogens is 174 g/mol. The summed E-state index contributed by atoms with van der Waals surface area (Å²) in [4.78, 5) is 8.63. The minimum absolute atomic E-state index is 0.428. The fourth-order valence-electron chi connectivity index (χ4n) is 1.09. The first kappa shape index (κ1) is 11.0. The fourth-order valence-corrected chi connectivity index (χ4v) is 1.09. The van der Waals surface area contributed by atoms with Gasteiger partial charge in [-0.2, -0.15) is 0 Å². The number of hydrogen-bond acceptors (Lipinski definition) is 3. The molecule has 1 aromatic rings. The Morgan fingerprint density at radius 2 is 2.07 bits per heavy atom. The molecule has 1 rings (SSSR count). The van der Waals surface area contributed by atoms with Gasteiger partial charge >= 0.3 is 0 Å². The maximum Gasteiger partial charge on any atom is 0.223 e. The van der Waals surface area contributed by atoms with Gasteiger partial charge in [0, 0.05) is 17.9 Å². The van der Waals surface area contributed by atoms with Crippen molar-refractivity contribution in [3.63, 3.8) is 0 Å². The highest BCUT2D eigenvalue weighted by Gasteiger charge is 2.04. The summed E-state index contributed by atoms with van der Waals surface area (Å²) >= 11 is 0. The maximum absolute atomic E-state index is 4.44. The molecule has 3 nitrogen and oxygen atoms in total. The van der Waals surface area contributed by atoms with Crippen LogP contribution in [0.1, 0.15) is 45.7 Å². The first-order chi connectivity index (χ1) is 6.63. The summed E-state index contributed by atoms with van der Waals surface area (Å²) in [5.74, 6) is 1.20. The Labute approximate surface area is 86.0 Å². The molecule has 0 radical (unpaired) electrons. The number of nitrogens with one attached hydrogen (secondary N) is 1. The Balaban J connectivity index is 2.73. The molecule has 0 fully saturated rings. The summed E-state index contributed by atoms with van der Waals surface area (Å²) in [6.07, 6.45) is 2.89. The third-order valence-corrected chi connectivity index (χ3v) is 2.26. The lowest BCUT2D eigenvalue weighted by Crippen LogP contribution is -2.16. The highest BCUT2D eigenvalue weighted by atomic mass is 15.1. The van der Waals surface area contributed by atoms with Crippen molar-refractivity contribution < 1.29 is 0 Å². The van der Waals surface area contributed by atoms with E-state index in [0.29, 0.717) is 12.0 Å². The second kappa shape index (κ2) is 4.94. The molecule has 1 heterocycles. The first-order valence-electron chi connectivity index (χ1n) is 5.23. The van der Waals surface area contributed by atoms with Crippen molar-refractivity contribution in [2.24, 2.45) is 0 Å². The van der Waals surface area contributed by atoms with Crippen LogP contribution in [0.2, 0.25) is 0 Å². The molecule has 0 bridgehead atoms. The van der Waals surface area contributed by atoms with Crippen LogP contribution >= 0.6 is 0 Å². The van der Waals surface area contributed by atoms with Crippen LogP contribution in [-0.2, 0) is 0 Å². The van der Waals surface area contributed by atoms with Crippen LogP contribution in [0.3, 0.4) is 0 Å². The van der Waals surface area contributed by atoms with Gasteiger partial charge in [0.2, 0.25) is 5.95 Å². The molecule has 1 atom stereocenters. The topological polar surface area (TPSA) is 37.8 Å². The molecular formula is C11H19N3. The molecule has 14 heavy (non-hydrogen) atoms. The van der Waals surface area contributed by atoms with Crippen molar-refractivity contribution in [2.75, 3.05) is 5.32 Å². The predicted octanol–water partition coefficient (Wildman–Crippen LogP) is 2.81. The summed E-state index contributed by atoms with van der Waals surface area (Å²) in [6.45, 7) is 8.54. The lowest BCUT2D eigenvalue weighted by molar-refractivity contribution is 0.743. The van der Waals surface area contributed by atoms with E-state index in [9.17, 15) is 0 Å². The Kier molecular flexibility index (Phi) is 3.86. The number of aromatic nitrogens is 2. The predicted molar refractivity (Wildman–Crippen MR) is 59.5 cm³/mol. The number of hydrogen-bond donors (Lipinski definition) is 1. The molecule has 0 aliphatic heterocycles. The van der Waals surface area contributed by atoms with Crippen LogP contribution in [0.15, 0.2) is 12.3 Å². The second-order valence-corrected chi connectivity index (χ2v) is 3.91. The van der Waals surface area contributed by atoms with Crippen LogP contribution in [0.5, 0.6) is 0 Å². The summed E-state index contributed by atoms with van der Waals surface area (Å²) < 4.78 is 0. The van der Waals surface area contributed by atoms with Gasteiger partial charge in [0.25, 0.3) is 0 Å². The van der Waals surface area contributed by atoms with Crippen molar-refractivity contribution >= 4 is 5.95 Å². The monoisotopic (exact) mass is 193 g/mol. The Hall–Kier alpha value is -1.12. The smallest absolute Gasteiger partial charge is 0.223 e. The summed E-state index contributed by atoms with van der Waals surface area (Å²) in [7, 11) is 0. The van der Waals surface area contributed by atoms with Crippen LogP contribution < -0.4 is 5.32 Å². The molecule has 0 unspecified atom stereocenters. The van der Waals surface area contributed by atoms with Gasteiger partial charge in [-0.3, -0.25) is 0 Å². The molecule has 1 aromatic heterocycles. The number of anilines is 1. The number of rotatable bonds is 4. The third-order valence-electron chi connectivity index (χ3n) is 2.26. The highest BCUT2D eigenvalue weighted by molar-refractivity contribution is 5.27. The normalized spacial score (nSPS) is 12.9. The van der Waals surface area contributed by atoms with Gasteiger partial charge in [-0.1, -0.05) is 20.8 Å². The van der Waals surface area contributed by atoms with Gasteiger partial charge in [-0.25, -0.2) is 9.97 Å². The van der Waals surface area contributed by atoms with Gasteiger partial charge < -0.3 is 5.32 Å². The van der Waals surface area contributed by atoms with Gasteiger partial charge in [0.05, 0.1) is 0 Å². The lowest BCUT2D eigenvalue weighted by atomic mass is 10.1. The molecule has 0 aliphatic carbocycles. The van der Waals surface area contributed by atoms with Crippen molar-refractivity contribution in [3.05, 3.63) is 18.0 Å². The average Bonchev–Trinajstić information content (AvgIpc) is 2.18. The largest absolute Gasteiger partial charge is 0.352 e. The van der Waals surface area contributed by atoms with E-state index in [1.165, 1.54) is 0 Å². The van der Waals surface area contributed by atoms with Crippen molar-refractivity contribution in [1.29, 1.82) is 0 Å². The summed E-state index contributed by atoms with van der Waals surface area (Å²) in [6, 6.07) is 2.39. The first-order valence-corrected chi connectivity index (χ1v) is 5.23. The minimum atomic E-state index is 0.428. The summed E-state index contributed by atoms with van der Waals surface area (Å²) in [5.41, 5.74) is 1.09. The van der Waals surface area contributed by atoms with E-state index >= 15 is 0 Å². The van der Waals surface area contributed by atoms with Crippen LogP contribution in [0, 0.1) is 0 Å². The van der Waals surface area contributed by atoms with E-state index in [1.807, 2.05) is 12.3 Å². The molecule has 78 valence electrons. The summed E-state index contributed by atoms with van der Waals surface area (Å²) in [5, 5.41) is 3.26. The van der Waals surface area contributed by atoms with E-state index < -0.39 is 0 Å². The standard InChI is InChI=1S/C11H19N3/c1-5-9(4)13-11-12-7-6-10(14-11)8(2)3/h6-9H,5H2,1-4H3,(H,12,13,14)/t9-/m0/s1. The van der Waals surface area contributed by atoms with Crippen LogP contribution in [0.25, 0.3) is 0 Å².